The number of hydrogen-bond donors (Lipinski definition) is 3. The van der Waals surface area contributed by atoms with Gasteiger partial charge >= 0.3 is 5.97 Å². The summed E-state index contributed by atoms with van der Waals surface area (Å²) in [7, 11) is 0. The van der Waals surface area contributed by atoms with E-state index < -0.39 is 42.1 Å². The summed E-state index contributed by atoms with van der Waals surface area (Å²) in [6.07, 6.45) is 4.27. The van der Waals surface area contributed by atoms with Gasteiger partial charge in [-0.15, -0.1) is 0 Å². The van der Waals surface area contributed by atoms with Crippen LogP contribution in [-0.4, -0.2) is 51.0 Å². The van der Waals surface area contributed by atoms with Crippen molar-refractivity contribution in [3.63, 3.8) is 0 Å². The van der Waals surface area contributed by atoms with Crippen molar-refractivity contribution in [2.75, 3.05) is 6.61 Å². The molecule has 6 heteroatoms. The maximum Gasteiger partial charge on any atom is 0.310 e. The van der Waals surface area contributed by atoms with Crippen LogP contribution in [0.1, 0.15) is 65.7 Å². The third-order valence-electron chi connectivity index (χ3n) is 8.88. The molecule has 4 aliphatic rings. The van der Waals surface area contributed by atoms with Crippen molar-refractivity contribution < 1.29 is 29.6 Å². The molecule has 0 unspecified atom stereocenters. The summed E-state index contributed by atoms with van der Waals surface area (Å²) in [5, 5.41) is 31.9. The summed E-state index contributed by atoms with van der Waals surface area (Å²) in [5.41, 5.74) is -2.81. The van der Waals surface area contributed by atoms with E-state index in [1.54, 1.807) is 0 Å². The number of hydrogen-bond acceptors (Lipinski definition) is 6. The second-order valence-electron chi connectivity index (χ2n) is 10.9. The molecule has 1 aliphatic heterocycles. The SMILES string of the molecule is C=C1CC[C@H]2C(C)(C)CCC[C@]2(C)[C@H]1C[C@@]12OC(=O)C[C@@](O)(C(CO)=CC1=O)[C@H]2O. The molecule has 0 amide bonds. The first-order chi connectivity index (χ1) is 13.9. The maximum atomic E-state index is 13.2. The Morgan fingerprint density at radius 1 is 1.23 bits per heavy atom. The molecule has 6 atom stereocenters. The number of aliphatic hydroxyl groups excluding tert-OH is 2. The predicted octanol–water partition coefficient (Wildman–Crippen LogP) is 2.45. The number of carbonyl (C=O) groups is 2. The smallest absolute Gasteiger partial charge is 0.310 e. The lowest BCUT2D eigenvalue weighted by Crippen LogP contribution is -2.71. The number of ether oxygens (including phenoxy) is 1. The van der Waals surface area contributed by atoms with E-state index in [1.165, 1.54) is 0 Å². The van der Waals surface area contributed by atoms with Gasteiger partial charge in [-0.05, 0) is 60.0 Å². The van der Waals surface area contributed by atoms with Gasteiger partial charge in [0.1, 0.15) is 11.7 Å². The van der Waals surface area contributed by atoms with Crippen molar-refractivity contribution in [1.29, 1.82) is 0 Å². The molecule has 0 aromatic rings. The summed E-state index contributed by atoms with van der Waals surface area (Å²) >= 11 is 0. The minimum atomic E-state index is -1.99. The molecule has 3 N–H and O–H groups in total. The van der Waals surface area contributed by atoms with Crippen LogP contribution >= 0.6 is 0 Å². The van der Waals surface area contributed by atoms with Crippen LogP contribution in [0.4, 0.5) is 0 Å². The molecular formula is C24H34O6. The van der Waals surface area contributed by atoms with Crippen LogP contribution in [0.3, 0.4) is 0 Å². The van der Waals surface area contributed by atoms with Crippen LogP contribution in [0.5, 0.6) is 0 Å². The van der Waals surface area contributed by atoms with Gasteiger partial charge in [0.25, 0.3) is 0 Å². The second kappa shape index (κ2) is 6.75. The van der Waals surface area contributed by atoms with Gasteiger partial charge in [-0.1, -0.05) is 39.3 Å². The molecule has 1 saturated heterocycles. The molecule has 0 aromatic carbocycles. The highest BCUT2D eigenvalue weighted by Gasteiger charge is 2.67. The number of aliphatic hydroxyl groups is 3. The number of esters is 1. The average molecular weight is 419 g/mol. The van der Waals surface area contributed by atoms with E-state index in [-0.39, 0.29) is 28.7 Å². The van der Waals surface area contributed by atoms with Gasteiger partial charge in [0.15, 0.2) is 0 Å². The second-order valence-corrected chi connectivity index (χ2v) is 10.9. The van der Waals surface area contributed by atoms with Crippen molar-refractivity contribution in [3.05, 3.63) is 23.8 Å². The molecular weight excluding hydrogens is 384 g/mol. The number of carbonyl (C=O) groups excluding carboxylic acids is 2. The van der Waals surface area contributed by atoms with Crippen LogP contribution in [0.15, 0.2) is 23.8 Å². The van der Waals surface area contributed by atoms with E-state index in [0.717, 1.165) is 43.8 Å². The Balaban J connectivity index is 1.78. The summed E-state index contributed by atoms with van der Waals surface area (Å²) in [6.45, 7) is 10.6. The summed E-state index contributed by atoms with van der Waals surface area (Å²) in [5.74, 6) is -0.982. The molecule has 2 saturated carbocycles. The lowest BCUT2D eigenvalue weighted by molar-refractivity contribution is -0.231. The highest BCUT2D eigenvalue weighted by Crippen LogP contribution is 2.63. The zero-order chi connectivity index (χ0) is 22.1. The standard InChI is InChI=1S/C24H34O6/c1-14-6-7-17-21(2,3)8-5-9-22(17,4)16(14)11-24-18(26)10-15(13-25)23(29,20(24)28)12-19(27)30-24/h10,16-17,20,25,28-29H,1,5-9,11-13H2,2-4H3/t16-,17-,20+,22+,23+,24+/m0/s1. The fourth-order valence-corrected chi connectivity index (χ4v) is 7.27. The molecule has 3 fully saturated rings. The van der Waals surface area contributed by atoms with Gasteiger partial charge in [0, 0.05) is 6.42 Å². The quantitative estimate of drug-likeness (QED) is 0.480. The van der Waals surface area contributed by atoms with Gasteiger partial charge in [0.05, 0.1) is 13.0 Å². The molecule has 166 valence electrons. The van der Waals surface area contributed by atoms with Crippen LogP contribution in [0, 0.1) is 22.7 Å². The fraction of sp³-hybridized carbons (Fsp3) is 0.750. The van der Waals surface area contributed by atoms with Gasteiger partial charge in [0.2, 0.25) is 11.4 Å². The van der Waals surface area contributed by atoms with Crippen LogP contribution in [0.25, 0.3) is 0 Å². The van der Waals surface area contributed by atoms with Crippen molar-refractivity contribution in [1.82, 2.24) is 0 Å². The van der Waals surface area contributed by atoms with E-state index in [9.17, 15) is 24.9 Å². The molecule has 0 radical (unpaired) electrons. The molecule has 3 aliphatic carbocycles. The first-order valence-electron chi connectivity index (χ1n) is 11.1. The van der Waals surface area contributed by atoms with E-state index in [1.807, 2.05) is 0 Å². The maximum absolute atomic E-state index is 13.2. The lowest BCUT2D eigenvalue weighted by Gasteiger charge is -2.60. The third-order valence-corrected chi connectivity index (χ3v) is 8.88. The largest absolute Gasteiger partial charge is 0.448 e. The zero-order valence-electron chi connectivity index (χ0n) is 18.2. The highest BCUT2D eigenvalue weighted by molar-refractivity contribution is 6.03. The van der Waals surface area contributed by atoms with E-state index in [4.69, 9.17) is 4.74 Å². The topological polar surface area (TPSA) is 104 Å². The molecule has 0 aromatic heterocycles. The average Bonchev–Trinajstić information content (AvgIpc) is 2.64. The van der Waals surface area contributed by atoms with Gasteiger partial charge in [-0.25, -0.2) is 0 Å². The Bertz CT molecular complexity index is 828. The van der Waals surface area contributed by atoms with Crippen LogP contribution in [0.2, 0.25) is 0 Å². The minimum absolute atomic E-state index is 0.0300. The lowest BCUT2D eigenvalue weighted by atomic mass is 9.46. The Hall–Kier alpha value is -1.50. The number of ketones is 1. The minimum Gasteiger partial charge on any atom is -0.448 e. The Morgan fingerprint density at radius 2 is 1.93 bits per heavy atom. The van der Waals surface area contributed by atoms with Crippen molar-refractivity contribution in [3.8, 4) is 0 Å². The first kappa shape index (κ1) is 21.7. The number of rotatable bonds is 3. The van der Waals surface area contributed by atoms with Gasteiger partial charge in [-0.2, -0.15) is 0 Å². The van der Waals surface area contributed by atoms with Gasteiger partial charge in [-0.3, -0.25) is 9.59 Å². The molecule has 6 nitrogen and oxygen atoms in total. The highest BCUT2D eigenvalue weighted by atomic mass is 16.6. The number of fused-ring (bicyclic) bond motifs is 3. The molecule has 0 spiro atoms. The summed E-state index contributed by atoms with van der Waals surface area (Å²) < 4.78 is 5.59. The van der Waals surface area contributed by atoms with Crippen molar-refractivity contribution in [2.24, 2.45) is 22.7 Å². The Morgan fingerprint density at radius 3 is 2.60 bits per heavy atom. The van der Waals surface area contributed by atoms with Crippen LogP contribution in [-0.2, 0) is 14.3 Å². The summed E-state index contributed by atoms with van der Waals surface area (Å²) in [6, 6.07) is 0. The van der Waals surface area contributed by atoms with Crippen molar-refractivity contribution >= 4 is 11.8 Å². The first-order valence-corrected chi connectivity index (χ1v) is 11.1. The van der Waals surface area contributed by atoms with Crippen molar-refractivity contribution in [2.45, 2.75) is 83.0 Å². The van der Waals surface area contributed by atoms with Gasteiger partial charge < -0.3 is 20.1 Å². The fourth-order valence-electron chi connectivity index (χ4n) is 7.27. The normalized spacial score (nSPS) is 45.5. The van der Waals surface area contributed by atoms with E-state index >= 15 is 0 Å². The third kappa shape index (κ3) is 2.80. The Kier molecular flexibility index (Phi) is 4.89. The monoisotopic (exact) mass is 418 g/mol. The van der Waals surface area contributed by atoms with Crippen LogP contribution < -0.4 is 0 Å². The summed E-state index contributed by atoms with van der Waals surface area (Å²) in [4.78, 5) is 25.7. The molecule has 4 rings (SSSR count). The molecule has 2 bridgehead atoms. The zero-order valence-corrected chi connectivity index (χ0v) is 18.2. The van der Waals surface area contributed by atoms with E-state index in [2.05, 4.69) is 27.4 Å². The molecule has 1 heterocycles. The molecule has 30 heavy (non-hydrogen) atoms. The van der Waals surface area contributed by atoms with E-state index in [0.29, 0.717) is 5.92 Å². The predicted molar refractivity (Wildman–Crippen MR) is 110 cm³/mol. The number of allylic oxidation sites excluding steroid dienone is 1. The Labute approximate surface area is 178 Å².